The number of nitrogens with zero attached hydrogens (tertiary/aromatic N) is 4. The van der Waals surface area contributed by atoms with E-state index in [1.807, 2.05) is 0 Å². The Kier molecular flexibility index (Phi) is 4.01. The summed E-state index contributed by atoms with van der Waals surface area (Å²) in [5.41, 5.74) is 0. The maximum atomic E-state index is 2.47. The van der Waals surface area contributed by atoms with Crippen molar-refractivity contribution in [2.45, 2.75) is 24.7 Å². The molecule has 128 valence electrons. The molecule has 4 nitrogen and oxygen atoms in total. The molecule has 25 heavy (non-hydrogen) atoms. The fourth-order valence-corrected chi connectivity index (χ4v) is 8.05. The third-order valence-electron chi connectivity index (χ3n) is 4.97. The van der Waals surface area contributed by atoms with Crippen LogP contribution in [0.25, 0.3) is 0 Å². The first kappa shape index (κ1) is 15.8. The molecule has 4 aromatic rings. The van der Waals surface area contributed by atoms with E-state index < -0.39 is 8.07 Å². The van der Waals surface area contributed by atoms with E-state index in [0.717, 1.165) is 0 Å². The summed E-state index contributed by atoms with van der Waals surface area (Å²) < 4.78 is 9.41. The molecule has 5 heteroatoms. The molecule has 0 bridgehead atoms. The summed E-state index contributed by atoms with van der Waals surface area (Å²) in [5.74, 6) is 0.569. The van der Waals surface area contributed by atoms with Gasteiger partial charge in [-0.2, -0.15) is 0 Å². The van der Waals surface area contributed by atoms with Gasteiger partial charge in [-0.25, -0.2) is 0 Å². The highest BCUT2D eigenvalue weighted by atomic mass is 28.3. The Labute approximate surface area is 149 Å². The molecule has 0 aliphatic rings. The third kappa shape index (κ3) is 2.80. The summed E-state index contributed by atoms with van der Waals surface area (Å²) in [6.07, 6.45) is 17.5. The van der Waals surface area contributed by atoms with Crippen LogP contribution in [0.4, 0.5) is 0 Å². The zero-order chi connectivity index (χ0) is 17.3. The summed E-state index contributed by atoms with van der Waals surface area (Å²) in [6, 6.07) is 16.9. The van der Waals surface area contributed by atoms with E-state index in [1.54, 1.807) is 0 Å². The molecule has 0 spiro atoms. The van der Waals surface area contributed by atoms with Gasteiger partial charge in [-0.1, -0.05) is 13.1 Å². The Hall–Kier alpha value is -2.66. The number of hydrogen-bond donors (Lipinski definition) is 0. The lowest BCUT2D eigenvalue weighted by atomic mass is 10.7. The van der Waals surface area contributed by atoms with E-state index >= 15 is 0 Å². The Morgan fingerprint density at radius 2 is 0.640 bits per heavy atom. The molecular weight excluding hydrogens is 324 g/mol. The highest BCUT2D eigenvalue weighted by Gasteiger charge is 2.43. The second kappa shape index (κ2) is 6.33. The number of aromatic nitrogens is 4. The topological polar surface area (TPSA) is 19.7 Å². The SMILES string of the molecule is C[Si](C)(C(n1cccc1)n1cccc1)C(n1cccc1)n1cccc1. The van der Waals surface area contributed by atoms with Crippen LogP contribution in [0.2, 0.25) is 13.1 Å². The summed E-state index contributed by atoms with van der Waals surface area (Å²) in [4.78, 5) is 0. The van der Waals surface area contributed by atoms with Crippen molar-refractivity contribution in [1.82, 2.24) is 18.3 Å². The average Bonchev–Trinajstić information content (AvgIpc) is 3.38. The van der Waals surface area contributed by atoms with E-state index in [4.69, 9.17) is 0 Å². The van der Waals surface area contributed by atoms with Gasteiger partial charge in [0.05, 0.1) is 11.6 Å². The lowest BCUT2D eigenvalue weighted by Gasteiger charge is -2.42. The van der Waals surface area contributed by atoms with E-state index in [2.05, 4.69) is 129 Å². The number of hydrogen-bond acceptors (Lipinski definition) is 0. The molecule has 0 aromatic carbocycles. The molecule has 0 fully saturated rings. The lowest BCUT2D eigenvalue weighted by Crippen LogP contribution is -2.51. The smallest absolute Gasteiger partial charge is 0.150 e. The molecule has 4 aromatic heterocycles. The first-order valence-electron chi connectivity index (χ1n) is 8.68. The van der Waals surface area contributed by atoms with Gasteiger partial charge in [0, 0.05) is 49.6 Å². The highest BCUT2D eigenvalue weighted by Crippen LogP contribution is 2.34. The Balaban J connectivity index is 1.86. The summed E-state index contributed by atoms with van der Waals surface area (Å²) in [7, 11) is -1.93. The van der Waals surface area contributed by atoms with E-state index in [-0.39, 0.29) is 11.6 Å². The molecule has 0 amide bonds. The monoisotopic (exact) mass is 348 g/mol. The van der Waals surface area contributed by atoms with Crippen molar-refractivity contribution in [3.8, 4) is 0 Å². The van der Waals surface area contributed by atoms with E-state index in [0.29, 0.717) is 0 Å². The fraction of sp³-hybridized carbons (Fsp3) is 0.200. The van der Waals surface area contributed by atoms with Crippen molar-refractivity contribution in [2.24, 2.45) is 0 Å². The van der Waals surface area contributed by atoms with Crippen molar-refractivity contribution in [2.75, 3.05) is 0 Å². The predicted octanol–water partition coefficient (Wildman–Crippen LogP) is 4.47. The minimum Gasteiger partial charge on any atom is -0.336 e. The van der Waals surface area contributed by atoms with Crippen molar-refractivity contribution in [3.05, 3.63) is 98.1 Å². The summed E-state index contributed by atoms with van der Waals surface area (Å²) in [5, 5.41) is 0. The Morgan fingerprint density at radius 3 is 0.840 bits per heavy atom. The average molecular weight is 349 g/mol. The maximum absolute atomic E-state index is 2.47. The Morgan fingerprint density at radius 1 is 0.440 bits per heavy atom. The van der Waals surface area contributed by atoms with Crippen LogP contribution in [0.5, 0.6) is 0 Å². The second-order valence-corrected chi connectivity index (χ2v) is 11.8. The maximum Gasteiger partial charge on any atom is 0.150 e. The summed E-state index contributed by atoms with van der Waals surface area (Å²) >= 11 is 0. The second-order valence-electron chi connectivity index (χ2n) is 7.09. The molecule has 4 rings (SSSR count). The first-order chi connectivity index (χ1) is 12.2. The lowest BCUT2D eigenvalue weighted by molar-refractivity contribution is 0.486. The molecule has 0 radical (unpaired) electrons. The van der Waals surface area contributed by atoms with Crippen LogP contribution >= 0.6 is 0 Å². The molecule has 0 aliphatic carbocycles. The molecule has 0 unspecified atom stereocenters. The van der Waals surface area contributed by atoms with Crippen LogP contribution in [-0.4, -0.2) is 26.3 Å². The summed E-state index contributed by atoms with van der Waals surface area (Å²) in [6.45, 7) is 4.95. The minimum absolute atomic E-state index is 0.285. The zero-order valence-corrected chi connectivity index (χ0v) is 15.7. The van der Waals surface area contributed by atoms with Crippen molar-refractivity contribution < 1.29 is 0 Å². The van der Waals surface area contributed by atoms with E-state index in [1.165, 1.54) is 0 Å². The van der Waals surface area contributed by atoms with Gasteiger partial charge in [-0.3, -0.25) is 0 Å². The third-order valence-corrected chi connectivity index (χ3v) is 8.83. The standard InChI is InChI=1S/C20H24N4Si/c1-25(2,19(21-11-3-4-12-21)22-13-5-6-14-22)20(23-15-7-8-16-23)24-17-9-10-18-24/h3-20H,1-2H3. The molecule has 4 heterocycles. The van der Waals surface area contributed by atoms with Crippen LogP contribution < -0.4 is 0 Å². The molecule has 0 saturated carbocycles. The van der Waals surface area contributed by atoms with Gasteiger partial charge in [-0.05, 0) is 48.5 Å². The van der Waals surface area contributed by atoms with Gasteiger partial charge in [0.25, 0.3) is 0 Å². The zero-order valence-electron chi connectivity index (χ0n) is 14.7. The van der Waals surface area contributed by atoms with Crippen LogP contribution in [-0.2, 0) is 0 Å². The van der Waals surface area contributed by atoms with Gasteiger partial charge < -0.3 is 18.3 Å². The van der Waals surface area contributed by atoms with Crippen LogP contribution in [0, 0.1) is 0 Å². The largest absolute Gasteiger partial charge is 0.336 e. The predicted molar refractivity (Wildman–Crippen MR) is 104 cm³/mol. The molecular formula is C20H24N4Si. The Bertz CT molecular complexity index is 729. The van der Waals surface area contributed by atoms with E-state index in [9.17, 15) is 0 Å². The molecule has 0 atom stereocenters. The van der Waals surface area contributed by atoms with Gasteiger partial charge in [0.1, 0.15) is 0 Å². The first-order valence-corrected chi connectivity index (χ1v) is 11.8. The van der Waals surface area contributed by atoms with Crippen LogP contribution in [0.15, 0.2) is 98.1 Å². The fourth-order valence-electron chi connectivity index (χ4n) is 4.02. The number of rotatable bonds is 6. The van der Waals surface area contributed by atoms with Gasteiger partial charge in [0.15, 0.2) is 8.07 Å². The minimum atomic E-state index is -1.93. The van der Waals surface area contributed by atoms with Gasteiger partial charge >= 0.3 is 0 Å². The van der Waals surface area contributed by atoms with Gasteiger partial charge in [-0.15, -0.1) is 0 Å². The molecule has 0 aliphatic heterocycles. The van der Waals surface area contributed by atoms with Crippen molar-refractivity contribution in [1.29, 1.82) is 0 Å². The van der Waals surface area contributed by atoms with Crippen molar-refractivity contribution in [3.63, 3.8) is 0 Å². The molecule has 0 N–H and O–H groups in total. The quantitative estimate of drug-likeness (QED) is 0.458. The van der Waals surface area contributed by atoms with Gasteiger partial charge in [0.2, 0.25) is 0 Å². The van der Waals surface area contributed by atoms with Crippen molar-refractivity contribution >= 4 is 8.07 Å². The van der Waals surface area contributed by atoms with Crippen LogP contribution in [0.1, 0.15) is 11.6 Å². The van der Waals surface area contributed by atoms with Crippen LogP contribution in [0.3, 0.4) is 0 Å². The normalized spacial score (nSPS) is 12.3. The highest BCUT2D eigenvalue weighted by molar-refractivity contribution is 6.78. The molecule has 0 saturated heterocycles.